The maximum atomic E-state index is 5.74. The number of benzene rings is 1. The highest BCUT2D eigenvalue weighted by molar-refractivity contribution is 5.65. The summed E-state index contributed by atoms with van der Waals surface area (Å²) >= 11 is 0. The summed E-state index contributed by atoms with van der Waals surface area (Å²) in [6.45, 7) is 0.781. The Morgan fingerprint density at radius 3 is 3.00 bits per heavy atom. The van der Waals surface area contributed by atoms with Crippen LogP contribution in [0.4, 0.5) is 5.69 Å². The van der Waals surface area contributed by atoms with E-state index in [0.29, 0.717) is 0 Å². The van der Waals surface area contributed by atoms with Gasteiger partial charge in [-0.25, -0.2) is 0 Å². The summed E-state index contributed by atoms with van der Waals surface area (Å²) in [5.41, 5.74) is 9.74. The van der Waals surface area contributed by atoms with Crippen LogP contribution >= 0.6 is 0 Å². The van der Waals surface area contributed by atoms with Crippen molar-refractivity contribution in [2.24, 2.45) is 0 Å². The molecule has 0 atom stereocenters. The molecule has 80 valence electrons. The molecule has 2 heterocycles. The predicted molar refractivity (Wildman–Crippen MR) is 63.3 cm³/mol. The van der Waals surface area contributed by atoms with Gasteiger partial charge in [0, 0.05) is 23.9 Å². The number of anilines is 1. The average molecular weight is 212 g/mol. The van der Waals surface area contributed by atoms with Gasteiger partial charge in [-0.3, -0.25) is 4.98 Å². The number of hydrogen-bond acceptors (Lipinski definition) is 3. The van der Waals surface area contributed by atoms with Crippen LogP contribution in [-0.4, -0.2) is 11.6 Å². The van der Waals surface area contributed by atoms with E-state index in [1.807, 2.05) is 18.2 Å². The summed E-state index contributed by atoms with van der Waals surface area (Å²) in [6.07, 6.45) is 2.71. The van der Waals surface area contributed by atoms with Gasteiger partial charge in [0.15, 0.2) is 0 Å². The van der Waals surface area contributed by atoms with E-state index >= 15 is 0 Å². The molecule has 0 aliphatic carbocycles. The van der Waals surface area contributed by atoms with Crippen molar-refractivity contribution in [1.82, 2.24) is 4.98 Å². The van der Waals surface area contributed by atoms with Crippen molar-refractivity contribution in [1.29, 1.82) is 0 Å². The number of ether oxygens (including phenoxy) is 1. The van der Waals surface area contributed by atoms with Crippen molar-refractivity contribution < 1.29 is 4.74 Å². The van der Waals surface area contributed by atoms with Crippen molar-refractivity contribution in [3.63, 3.8) is 0 Å². The van der Waals surface area contributed by atoms with Crippen LogP contribution in [0.2, 0.25) is 0 Å². The third-order valence-electron chi connectivity index (χ3n) is 2.77. The first-order valence-corrected chi connectivity index (χ1v) is 5.30. The van der Waals surface area contributed by atoms with Gasteiger partial charge < -0.3 is 10.5 Å². The second kappa shape index (κ2) is 3.52. The molecule has 0 fully saturated rings. The van der Waals surface area contributed by atoms with Gasteiger partial charge in [-0.05, 0) is 35.9 Å². The summed E-state index contributed by atoms with van der Waals surface area (Å²) in [5.74, 6) is 0.993. The van der Waals surface area contributed by atoms with Gasteiger partial charge in [0.1, 0.15) is 5.75 Å². The number of nitrogens with two attached hydrogens (primary N) is 1. The van der Waals surface area contributed by atoms with E-state index in [9.17, 15) is 0 Å². The van der Waals surface area contributed by atoms with Crippen LogP contribution in [-0.2, 0) is 6.42 Å². The second-order valence-corrected chi connectivity index (χ2v) is 3.90. The van der Waals surface area contributed by atoms with E-state index in [1.54, 1.807) is 12.3 Å². The quantitative estimate of drug-likeness (QED) is 0.788. The maximum Gasteiger partial charge on any atom is 0.122 e. The van der Waals surface area contributed by atoms with Gasteiger partial charge in [0.2, 0.25) is 0 Å². The number of rotatable bonds is 1. The topological polar surface area (TPSA) is 48.1 Å². The number of nitrogens with zero attached hydrogens (tertiary/aromatic N) is 1. The Balaban J connectivity index is 2.07. The van der Waals surface area contributed by atoms with Crippen LogP contribution in [0.15, 0.2) is 36.5 Å². The van der Waals surface area contributed by atoms with Crippen LogP contribution in [0.3, 0.4) is 0 Å². The number of hydrogen-bond donors (Lipinski definition) is 1. The molecule has 3 rings (SSSR count). The average Bonchev–Trinajstić information content (AvgIpc) is 2.75. The van der Waals surface area contributed by atoms with Gasteiger partial charge in [-0.15, -0.1) is 0 Å². The molecule has 0 saturated heterocycles. The summed E-state index contributed by atoms with van der Waals surface area (Å²) in [5, 5.41) is 0. The molecule has 0 amide bonds. The predicted octanol–water partition coefficient (Wildman–Crippen LogP) is 2.27. The number of nitrogen functional groups attached to an aromatic ring is 1. The molecule has 1 aromatic heterocycles. The molecule has 0 radical (unpaired) electrons. The molecule has 0 unspecified atom stereocenters. The Hall–Kier alpha value is -2.03. The zero-order chi connectivity index (χ0) is 11.0. The normalized spacial score (nSPS) is 13.2. The van der Waals surface area contributed by atoms with Crippen LogP contribution < -0.4 is 10.5 Å². The Labute approximate surface area is 93.9 Å². The zero-order valence-corrected chi connectivity index (χ0v) is 8.81. The summed E-state index contributed by atoms with van der Waals surface area (Å²) in [4.78, 5) is 4.31. The Bertz CT molecular complexity index is 537. The Morgan fingerprint density at radius 2 is 2.12 bits per heavy atom. The van der Waals surface area contributed by atoms with E-state index in [0.717, 1.165) is 35.7 Å². The minimum atomic E-state index is 0.738. The maximum absolute atomic E-state index is 5.74. The molecule has 1 aromatic carbocycles. The van der Waals surface area contributed by atoms with Crippen LogP contribution in [0, 0.1) is 0 Å². The number of aromatic nitrogens is 1. The molecule has 0 spiro atoms. The highest BCUT2D eigenvalue weighted by Crippen LogP contribution is 2.29. The fraction of sp³-hybridized carbons (Fsp3) is 0.154. The first-order chi connectivity index (χ1) is 7.83. The van der Waals surface area contributed by atoms with Gasteiger partial charge in [-0.2, -0.15) is 0 Å². The molecule has 16 heavy (non-hydrogen) atoms. The highest BCUT2D eigenvalue weighted by Gasteiger charge is 2.12. The SMILES string of the molecule is Nc1ccnc(-c2ccc3c(c2)CCO3)c1. The third kappa shape index (κ3) is 1.50. The molecule has 3 heteroatoms. The monoisotopic (exact) mass is 212 g/mol. The minimum absolute atomic E-state index is 0.738. The van der Waals surface area contributed by atoms with Crippen LogP contribution in [0.5, 0.6) is 5.75 Å². The lowest BCUT2D eigenvalue weighted by Gasteiger charge is -2.04. The summed E-state index contributed by atoms with van der Waals surface area (Å²) in [6, 6.07) is 9.83. The van der Waals surface area contributed by atoms with E-state index in [2.05, 4.69) is 11.1 Å². The van der Waals surface area contributed by atoms with Crippen molar-refractivity contribution in [3.8, 4) is 17.0 Å². The molecule has 1 aliphatic rings. The van der Waals surface area contributed by atoms with Crippen LogP contribution in [0.25, 0.3) is 11.3 Å². The zero-order valence-electron chi connectivity index (χ0n) is 8.81. The van der Waals surface area contributed by atoms with Crippen molar-refractivity contribution >= 4 is 5.69 Å². The van der Waals surface area contributed by atoms with E-state index in [4.69, 9.17) is 10.5 Å². The van der Waals surface area contributed by atoms with Crippen molar-refractivity contribution in [2.75, 3.05) is 12.3 Å². The molecular weight excluding hydrogens is 200 g/mol. The van der Waals surface area contributed by atoms with Gasteiger partial charge >= 0.3 is 0 Å². The third-order valence-corrected chi connectivity index (χ3v) is 2.77. The Kier molecular flexibility index (Phi) is 2.03. The molecule has 0 saturated carbocycles. The largest absolute Gasteiger partial charge is 0.493 e. The first kappa shape index (κ1) is 9.21. The lowest BCUT2D eigenvalue weighted by atomic mass is 10.1. The van der Waals surface area contributed by atoms with E-state index in [1.165, 1.54) is 5.56 Å². The van der Waals surface area contributed by atoms with Gasteiger partial charge in [-0.1, -0.05) is 0 Å². The number of fused-ring (bicyclic) bond motifs is 1. The van der Waals surface area contributed by atoms with Crippen molar-refractivity contribution in [3.05, 3.63) is 42.1 Å². The summed E-state index contributed by atoms with van der Waals surface area (Å²) < 4.78 is 5.47. The smallest absolute Gasteiger partial charge is 0.122 e. The van der Waals surface area contributed by atoms with E-state index in [-0.39, 0.29) is 0 Å². The van der Waals surface area contributed by atoms with Crippen molar-refractivity contribution in [2.45, 2.75) is 6.42 Å². The lowest BCUT2D eigenvalue weighted by molar-refractivity contribution is 0.357. The Morgan fingerprint density at radius 1 is 1.19 bits per heavy atom. The first-order valence-electron chi connectivity index (χ1n) is 5.30. The standard InChI is InChI=1S/C13H12N2O/c14-11-3-5-15-12(8-11)9-1-2-13-10(7-9)4-6-16-13/h1-3,5,7-8H,4,6H2,(H2,14,15). The van der Waals surface area contributed by atoms with Crippen LogP contribution in [0.1, 0.15) is 5.56 Å². The second-order valence-electron chi connectivity index (χ2n) is 3.90. The summed E-state index contributed by atoms with van der Waals surface area (Å²) in [7, 11) is 0. The molecule has 1 aliphatic heterocycles. The molecular formula is C13H12N2O. The fourth-order valence-electron chi connectivity index (χ4n) is 1.95. The van der Waals surface area contributed by atoms with Gasteiger partial charge in [0.25, 0.3) is 0 Å². The molecule has 2 N–H and O–H groups in total. The highest BCUT2D eigenvalue weighted by atomic mass is 16.5. The molecule has 0 bridgehead atoms. The minimum Gasteiger partial charge on any atom is -0.493 e. The van der Waals surface area contributed by atoms with Gasteiger partial charge in [0.05, 0.1) is 12.3 Å². The fourth-order valence-corrected chi connectivity index (χ4v) is 1.95. The molecule has 2 aromatic rings. The number of pyridine rings is 1. The lowest BCUT2D eigenvalue weighted by Crippen LogP contribution is -1.89. The van der Waals surface area contributed by atoms with E-state index < -0.39 is 0 Å². The molecule has 3 nitrogen and oxygen atoms in total.